The molecule has 1 N–H and O–H groups in total. The van der Waals surface area contributed by atoms with E-state index >= 15 is 0 Å². The first-order valence-electron chi connectivity index (χ1n) is 7.20. The lowest BCUT2D eigenvalue weighted by Crippen LogP contribution is -2.35. The summed E-state index contributed by atoms with van der Waals surface area (Å²) in [5.74, 6) is 0. The molecule has 0 aliphatic carbocycles. The molecule has 0 aliphatic heterocycles. The molecule has 0 saturated heterocycles. The number of rotatable bonds is 6. The van der Waals surface area contributed by atoms with Gasteiger partial charge in [-0.15, -0.1) is 0 Å². The first kappa shape index (κ1) is 15.2. The summed E-state index contributed by atoms with van der Waals surface area (Å²) < 4.78 is 0. The van der Waals surface area contributed by atoms with Crippen molar-refractivity contribution in [2.24, 2.45) is 5.41 Å². The zero-order chi connectivity index (χ0) is 13.6. The third kappa shape index (κ3) is 5.68. The Labute approximate surface area is 113 Å². The van der Waals surface area contributed by atoms with E-state index in [1.54, 1.807) is 0 Å². The fourth-order valence-corrected chi connectivity index (χ4v) is 2.41. The SMILES string of the molecule is CCCNC(Cc1ccccc1C)CC(C)(C)C. The van der Waals surface area contributed by atoms with Gasteiger partial charge in [0.1, 0.15) is 0 Å². The molecule has 0 amide bonds. The van der Waals surface area contributed by atoms with Gasteiger partial charge in [0.05, 0.1) is 0 Å². The van der Waals surface area contributed by atoms with Crippen LogP contribution < -0.4 is 5.32 Å². The van der Waals surface area contributed by atoms with Gasteiger partial charge in [-0.3, -0.25) is 0 Å². The quantitative estimate of drug-likeness (QED) is 0.788. The summed E-state index contributed by atoms with van der Waals surface area (Å²) >= 11 is 0. The Hall–Kier alpha value is -0.820. The van der Waals surface area contributed by atoms with Crippen molar-refractivity contribution in [3.63, 3.8) is 0 Å². The highest BCUT2D eigenvalue weighted by Crippen LogP contribution is 2.23. The van der Waals surface area contributed by atoms with Gasteiger partial charge in [0, 0.05) is 6.04 Å². The first-order chi connectivity index (χ1) is 8.42. The molecule has 0 bridgehead atoms. The maximum atomic E-state index is 3.70. The Bertz CT molecular complexity index is 349. The molecule has 0 saturated carbocycles. The molecule has 102 valence electrons. The molecule has 1 heteroatoms. The lowest BCUT2D eigenvalue weighted by molar-refractivity contribution is 0.306. The van der Waals surface area contributed by atoms with Crippen LogP contribution in [0, 0.1) is 12.3 Å². The average Bonchev–Trinajstić information content (AvgIpc) is 2.27. The third-order valence-electron chi connectivity index (χ3n) is 3.27. The first-order valence-corrected chi connectivity index (χ1v) is 7.20. The van der Waals surface area contributed by atoms with Crippen LogP contribution in [0.2, 0.25) is 0 Å². The summed E-state index contributed by atoms with van der Waals surface area (Å²) in [6, 6.07) is 9.33. The summed E-state index contributed by atoms with van der Waals surface area (Å²) in [5, 5.41) is 3.70. The van der Waals surface area contributed by atoms with Gasteiger partial charge in [-0.05, 0) is 49.3 Å². The molecule has 1 nitrogen and oxygen atoms in total. The van der Waals surface area contributed by atoms with E-state index in [1.807, 2.05) is 0 Å². The van der Waals surface area contributed by atoms with E-state index in [4.69, 9.17) is 0 Å². The highest BCUT2D eigenvalue weighted by Gasteiger charge is 2.18. The zero-order valence-corrected chi connectivity index (χ0v) is 12.7. The number of benzene rings is 1. The average molecular weight is 247 g/mol. The Balaban J connectivity index is 2.69. The molecule has 0 fully saturated rings. The molecule has 0 radical (unpaired) electrons. The number of hydrogen-bond donors (Lipinski definition) is 1. The Morgan fingerprint density at radius 2 is 1.83 bits per heavy atom. The highest BCUT2D eigenvalue weighted by atomic mass is 14.9. The molecule has 1 rings (SSSR count). The van der Waals surface area contributed by atoms with Crippen molar-refractivity contribution in [3.8, 4) is 0 Å². The van der Waals surface area contributed by atoms with Crippen molar-refractivity contribution in [2.45, 2.75) is 59.9 Å². The van der Waals surface area contributed by atoms with Crippen molar-refractivity contribution < 1.29 is 0 Å². The van der Waals surface area contributed by atoms with Crippen molar-refractivity contribution >= 4 is 0 Å². The molecule has 18 heavy (non-hydrogen) atoms. The summed E-state index contributed by atoms with van der Waals surface area (Å²) in [6.45, 7) is 12.5. The van der Waals surface area contributed by atoms with Gasteiger partial charge < -0.3 is 5.32 Å². The molecule has 1 aromatic carbocycles. The van der Waals surface area contributed by atoms with Gasteiger partial charge in [0.15, 0.2) is 0 Å². The van der Waals surface area contributed by atoms with E-state index in [2.05, 4.69) is 64.2 Å². The van der Waals surface area contributed by atoms with Gasteiger partial charge in [0.2, 0.25) is 0 Å². The topological polar surface area (TPSA) is 12.0 Å². The predicted molar refractivity (Wildman–Crippen MR) is 81.0 cm³/mol. The van der Waals surface area contributed by atoms with Crippen LogP contribution in [-0.4, -0.2) is 12.6 Å². The van der Waals surface area contributed by atoms with Crippen LogP contribution >= 0.6 is 0 Å². The van der Waals surface area contributed by atoms with Crippen molar-refractivity contribution in [1.29, 1.82) is 0 Å². The second-order valence-corrected chi connectivity index (χ2v) is 6.55. The predicted octanol–water partition coefficient (Wildman–Crippen LogP) is 4.34. The number of nitrogens with one attached hydrogen (secondary N) is 1. The summed E-state index contributed by atoms with van der Waals surface area (Å²) in [6.07, 6.45) is 3.57. The molecule has 0 heterocycles. The minimum absolute atomic E-state index is 0.383. The van der Waals surface area contributed by atoms with Gasteiger partial charge in [0.25, 0.3) is 0 Å². The molecular formula is C17H29N. The second-order valence-electron chi connectivity index (χ2n) is 6.55. The zero-order valence-electron chi connectivity index (χ0n) is 12.7. The fraction of sp³-hybridized carbons (Fsp3) is 0.647. The number of hydrogen-bond acceptors (Lipinski definition) is 1. The Morgan fingerprint density at radius 3 is 2.39 bits per heavy atom. The minimum atomic E-state index is 0.383. The van der Waals surface area contributed by atoms with Crippen LogP contribution in [0.25, 0.3) is 0 Å². The third-order valence-corrected chi connectivity index (χ3v) is 3.27. The normalized spacial score (nSPS) is 13.6. The summed E-state index contributed by atoms with van der Waals surface area (Å²) in [7, 11) is 0. The summed E-state index contributed by atoms with van der Waals surface area (Å²) in [5.41, 5.74) is 3.28. The van der Waals surface area contributed by atoms with Crippen LogP contribution in [-0.2, 0) is 6.42 Å². The smallest absolute Gasteiger partial charge is 0.0112 e. The van der Waals surface area contributed by atoms with Gasteiger partial charge in [-0.1, -0.05) is 52.0 Å². The van der Waals surface area contributed by atoms with Crippen LogP contribution in [0.4, 0.5) is 0 Å². The molecule has 0 aromatic heterocycles. The van der Waals surface area contributed by atoms with Gasteiger partial charge >= 0.3 is 0 Å². The van der Waals surface area contributed by atoms with E-state index in [1.165, 1.54) is 24.0 Å². The Morgan fingerprint density at radius 1 is 1.17 bits per heavy atom. The maximum absolute atomic E-state index is 3.70. The Kier molecular flexibility index (Phi) is 5.87. The number of aryl methyl sites for hydroxylation is 1. The summed E-state index contributed by atoms with van der Waals surface area (Å²) in [4.78, 5) is 0. The molecule has 0 spiro atoms. The fourth-order valence-electron chi connectivity index (χ4n) is 2.41. The van der Waals surface area contributed by atoms with Crippen molar-refractivity contribution in [2.75, 3.05) is 6.54 Å². The van der Waals surface area contributed by atoms with Crippen LogP contribution in [0.5, 0.6) is 0 Å². The van der Waals surface area contributed by atoms with E-state index < -0.39 is 0 Å². The lowest BCUT2D eigenvalue weighted by atomic mass is 9.85. The van der Waals surface area contributed by atoms with Crippen molar-refractivity contribution in [1.82, 2.24) is 5.32 Å². The van der Waals surface area contributed by atoms with Crippen LogP contribution in [0.15, 0.2) is 24.3 Å². The highest BCUT2D eigenvalue weighted by molar-refractivity contribution is 5.26. The van der Waals surface area contributed by atoms with Gasteiger partial charge in [-0.25, -0.2) is 0 Å². The van der Waals surface area contributed by atoms with E-state index in [9.17, 15) is 0 Å². The van der Waals surface area contributed by atoms with Gasteiger partial charge in [-0.2, -0.15) is 0 Å². The van der Waals surface area contributed by atoms with Crippen molar-refractivity contribution in [3.05, 3.63) is 35.4 Å². The largest absolute Gasteiger partial charge is 0.314 e. The van der Waals surface area contributed by atoms with E-state index in [-0.39, 0.29) is 0 Å². The molecule has 0 aliphatic rings. The molecular weight excluding hydrogens is 218 g/mol. The van der Waals surface area contributed by atoms with Crippen LogP contribution in [0.1, 0.15) is 51.7 Å². The lowest BCUT2D eigenvalue weighted by Gasteiger charge is -2.27. The van der Waals surface area contributed by atoms with Crippen LogP contribution in [0.3, 0.4) is 0 Å². The second kappa shape index (κ2) is 6.94. The molecule has 1 atom stereocenters. The monoisotopic (exact) mass is 247 g/mol. The standard InChI is InChI=1S/C17H29N/c1-6-11-18-16(13-17(3,4)5)12-15-10-8-7-9-14(15)2/h7-10,16,18H,6,11-13H2,1-5H3. The maximum Gasteiger partial charge on any atom is 0.0112 e. The van der Waals surface area contributed by atoms with E-state index in [0.29, 0.717) is 11.5 Å². The minimum Gasteiger partial charge on any atom is -0.314 e. The van der Waals surface area contributed by atoms with E-state index in [0.717, 1.165) is 13.0 Å². The molecule has 1 unspecified atom stereocenters. The molecule has 1 aromatic rings.